The van der Waals surface area contributed by atoms with Gasteiger partial charge in [0.25, 0.3) is 0 Å². The smallest absolute Gasteiger partial charge is 0.303 e. The van der Waals surface area contributed by atoms with Crippen LogP contribution in [0.1, 0.15) is 32.1 Å². The molecule has 0 aromatic rings. The third-order valence-corrected chi connectivity index (χ3v) is 3.92. The highest BCUT2D eigenvalue weighted by molar-refractivity contribution is 5.68. The first kappa shape index (κ1) is 14.4. The van der Waals surface area contributed by atoms with E-state index in [0.717, 1.165) is 19.3 Å². The number of aliphatic carboxylic acids is 1. The van der Waals surface area contributed by atoms with Crippen molar-refractivity contribution < 1.29 is 29.3 Å². The fraction of sp³-hybridized carbons (Fsp3) is 0.846. The number of aldehydes is 1. The van der Waals surface area contributed by atoms with Gasteiger partial charge in [-0.2, -0.15) is 0 Å². The lowest BCUT2D eigenvalue weighted by atomic mass is 9.92. The highest BCUT2D eigenvalue weighted by atomic mass is 16.7. The number of aliphatic hydroxyl groups excluding tert-OH is 1. The van der Waals surface area contributed by atoms with Gasteiger partial charge in [-0.3, -0.25) is 4.79 Å². The van der Waals surface area contributed by atoms with Crippen LogP contribution in [0.4, 0.5) is 0 Å². The van der Waals surface area contributed by atoms with Gasteiger partial charge in [0.05, 0.1) is 18.6 Å². The fourth-order valence-corrected chi connectivity index (χ4v) is 2.92. The summed E-state index contributed by atoms with van der Waals surface area (Å²) < 4.78 is 11.2. The molecule has 6 nitrogen and oxygen atoms in total. The van der Waals surface area contributed by atoms with Gasteiger partial charge in [0.15, 0.2) is 6.29 Å². The SMILES string of the molecule is O=CC1C(OC2CCCCO2)CC(O)C1CC(=O)O. The predicted molar refractivity (Wildman–Crippen MR) is 64.4 cm³/mol. The largest absolute Gasteiger partial charge is 0.481 e. The number of carboxylic acids is 1. The molecule has 0 bridgehead atoms. The van der Waals surface area contributed by atoms with Gasteiger partial charge >= 0.3 is 5.97 Å². The van der Waals surface area contributed by atoms with E-state index in [1.807, 2.05) is 0 Å². The molecule has 108 valence electrons. The second kappa shape index (κ2) is 6.45. The third kappa shape index (κ3) is 3.52. The Bertz CT molecular complexity index is 325. The first-order valence-corrected chi connectivity index (χ1v) is 6.74. The second-order valence-corrected chi connectivity index (χ2v) is 5.25. The summed E-state index contributed by atoms with van der Waals surface area (Å²) in [5.74, 6) is -2.15. The van der Waals surface area contributed by atoms with Crippen molar-refractivity contribution in [1.82, 2.24) is 0 Å². The Kier molecular flexibility index (Phi) is 4.90. The lowest BCUT2D eigenvalue weighted by Crippen LogP contribution is -2.32. The Morgan fingerprint density at radius 3 is 2.79 bits per heavy atom. The molecule has 5 unspecified atom stereocenters. The van der Waals surface area contributed by atoms with Crippen LogP contribution in [0.25, 0.3) is 0 Å². The fourth-order valence-electron chi connectivity index (χ4n) is 2.92. The molecule has 5 atom stereocenters. The van der Waals surface area contributed by atoms with Crippen molar-refractivity contribution in [3.05, 3.63) is 0 Å². The first-order valence-electron chi connectivity index (χ1n) is 6.74. The summed E-state index contributed by atoms with van der Waals surface area (Å²) >= 11 is 0. The summed E-state index contributed by atoms with van der Waals surface area (Å²) in [6.07, 6.45) is 2.00. The van der Waals surface area contributed by atoms with E-state index in [1.54, 1.807) is 0 Å². The van der Waals surface area contributed by atoms with Crippen LogP contribution >= 0.6 is 0 Å². The zero-order valence-corrected chi connectivity index (χ0v) is 10.7. The molecular formula is C13H20O6. The van der Waals surface area contributed by atoms with Crippen LogP contribution in [0, 0.1) is 11.8 Å². The number of carbonyl (C=O) groups excluding carboxylic acids is 1. The zero-order chi connectivity index (χ0) is 13.8. The zero-order valence-electron chi connectivity index (χ0n) is 10.7. The van der Waals surface area contributed by atoms with Crippen molar-refractivity contribution in [1.29, 1.82) is 0 Å². The topological polar surface area (TPSA) is 93.1 Å². The van der Waals surface area contributed by atoms with Crippen molar-refractivity contribution in [2.24, 2.45) is 11.8 Å². The maximum absolute atomic E-state index is 11.2. The van der Waals surface area contributed by atoms with Crippen molar-refractivity contribution >= 4 is 12.3 Å². The van der Waals surface area contributed by atoms with Crippen LogP contribution < -0.4 is 0 Å². The van der Waals surface area contributed by atoms with E-state index in [0.29, 0.717) is 19.3 Å². The Hall–Kier alpha value is -0.980. The first-order chi connectivity index (χ1) is 9.11. The molecule has 1 aliphatic carbocycles. The molecule has 19 heavy (non-hydrogen) atoms. The summed E-state index contributed by atoms with van der Waals surface area (Å²) in [5, 5.41) is 18.7. The molecule has 1 saturated heterocycles. The van der Waals surface area contributed by atoms with Gasteiger partial charge in [0.2, 0.25) is 0 Å². The molecule has 0 amide bonds. The van der Waals surface area contributed by atoms with Gasteiger partial charge in [-0.15, -0.1) is 0 Å². The van der Waals surface area contributed by atoms with E-state index in [-0.39, 0.29) is 12.7 Å². The average Bonchev–Trinajstić information content (AvgIpc) is 2.66. The maximum atomic E-state index is 11.2. The number of carbonyl (C=O) groups is 2. The number of aliphatic hydroxyl groups is 1. The summed E-state index contributed by atoms with van der Waals surface area (Å²) in [4.78, 5) is 21.9. The summed E-state index contributed by atoms with van der Waals surface area (Å²) in [6.45, 7) is 0.643. The van der Waals surface area contributed by atoms with Crippen LogP contribution in [-0.4, -0.2) is 47.6 Å². The van der Waals surface area contributed by atoms with Crippen LogP contribution in [0.2, 0.25) is 0 Å². The summed E-state index contributed by atoms with van der Waals surface area (Å²) in [5.41, 5.74) is 0. The van der Waals surface area contributed by atoms with Gasteiger partial charge in [0.1, 0.15) is 6.29 Å². The number of carboxylic acid groups (broad SMARTS) is 1. The number of hydrogen-bond acceptors (Lipinski definition) is 5. The Morgan fingerprint density at radius 2 is 2.21 bits per heavy atom. The van der Waals surface area contributed by atoms with Crippen molar-refractivity contribution in [3.63, 3.8) is 0 Å². The molecule has 2 aliphatic rings. The van der Waals surface area contributed by atoms with E-state index in [4.69, 9.17) is 14.6 Å². The van der Waals surface area contributed by atoms with Gasteiger partial charge in [0, 0.05) is 24.9 Å². The van der Waals surface area contributed by atoms with Gasteiger partial charge in [-0.1, -0.05) is 0 Å². The number of rotatable bonds is 5. The van der Waals surface area contributed by atoms with E-state index >= 15 is 0 Å². The Labute approximate surface area is 111 Å². The molecule has 2 fully saturated rings. The van der Waals surface area contributed by atoms with Gasteiger partial charge < -0.3 is 24.5 Å². The molecule has 2 N–H and O–H groups in total. The molecule has 0 aromatic carbocycles. The van der Waals surface area contributed by atoms with Crippen LogP contribution in [0.3, 0.4) is 0 Å². The van der Waals surface area contributed by atoms with E-state index in [2.05, 4.69) is 0 Å². The maximum Gasteiger partial charge on any atom is 0.303 e. The van der Waals surface area contributed by atoms with E-state index in [1.165, 1.54) is 0 Å². The van der Waals surface area contributed by atoms with Crippen LogP contribution in [0.15, 0.2) is 0 Å². The Morgan fingerprint density at radius 1 is 1.42 bits per heavy atom. The lowest BCUT2D eigenvalue weighted by molar-refractivity contribution is -0.195. The lowest BCUT2D eigenvalue weighted by Gasteiger charge is -2.27. The van der Waals surface area contributed by atoms with Crippen molar-refractivity contribution in [2.45, 2.75) is 50.6 Å². The highest BCUT2D eigenvalue weighted by Gasteiger charge is 2.45. The van der Waals surface area contributed by atoms with Gasteiger partial charge in [-0.25, -0.2) is 0 Å². The van der Waals surface area contributed by atoms with E-state index in [9.17, 15) is 14.7 Å². The van der Waals surface area contributed by atoms with Crippen molar-refractivity contribution in [3.8, 4) is 0 Å². The molecule has 1 saturated carbocycles. The molecule has 0 aromatic heterocycles. The van der Waals surface area contributed by atoms with E-state index < -0.39 is 30.0 Å². The molecule has 0 radical (unpaired) electrons. The highest BCUT2D eigenvalue weighted by Crippen LogP contribution is 2.37. The molecule has 2 rings (SSSR count). The minimum absolute atomic E-state index is 0.212. The monoisotopic (exact) mass is 272 g/mol. The third-order valence-electron chi connectivity index (χ3n) is 3.92. The number of hydrogen-bond donors (Lipinski definition) is 2. The van der Waals surface area contributed by atoms with Crippen LogP contribution in [0.5, 0.6) is 0 Å². The molecule has 1 heterocycles. The van der Waals surface area contributed by atoms with Gasteiger partial charge in [-0.05, 0) is 19.3 Å². The molecule has 0 spiro atoms. The normalized spacial score (nSPS) is 39.1. The minimum Gasteiger partial charge on any atom is -0.481 e. The molecule has 1 aliphatic heterocycles. The minimum atomic E-state index is -1.01. The average molecular weight is 272 g/mol. The predicted octanol–water partition coefficient (Wildman–Crippen LogP) is 0.569. The number of ether oxygens (including phenoxy) is 2. The Balaban J connectivity index is 1.96. The standard InChI is InChI=1S/C13H20O6/c14-7-9-8(5-12(16)17)10(15)6-11(9)19-13-3-1-2-4-18-13/h7-11,13,15H,1-6H2,(H,16,17). The van der Waals surface area contributed by atoms with Crippen molar-refractivity contribution in [2.75, 3.05) is 6.61 Å². The molecule has 6 heteroatoms. The molecular weight excluding hydrogens is 252 g/mol. The quantitative estimate of drug-likeness (QED) is 0.711. The second-order valence-electron chi connectivity index (χ2n) is 5.25. The van der Waals surface area contributed by atoms with Crippen LogP contribution in [-0.2, 0) is 19.1 Å². The summed E-state index contributed by atoms with van der Waals surface area (Å²) in [7, 11) is 0. The summed E-state index contributed by atoms with van der Waals surface area (Å²) in [6, 6.07) is 0.